The first-order chi connectivity index (χ1) is 10.3. The lowest BCUT2D eigenvalue weighted by Gasteiger charge is -2.50. The number of piperazine rings is 3. The van der Waals surface area contributed by atoms with Crippen molar-refractivity contribution in [1.29, 1.82) is 0 Å². The molecular formula is C17H26FN3. The summed E-state index contributed by atoms with van der Waals surface area (Å²) in [5, 5.41) is 3.70. The molecule has 0 amide bonds. The Morgan fingerprint density at radius 2 is 2.10 bits per heavy atom. The molecule has 3 aliphatic rings. The Balaban J connectivity index is 1.71. The summed E-state index contributed by atoms with van der Waals surface area (Å²) < 4.78 is 13.4. The summed E-state index contributed by atoms with van der Waals surface area (Å²) in [4.78, 5) is 5.18. The third kappa shape index (κ3) is 3.62. The molecule has 2 unspecified atom stereocenters. The number of benzene rings is 1. The molecule has 21 heavy (non-hydrogen) atoms. The highest BCUT2D eigenvalue weighted by atomic mass is 19.1. The van der Waals surface area contributed by atoms with Crippen LogP contribution in [0.3, 0.4) is 0 Å². The third-order valence-corrected chi connectivity index (χ3v) is 4.79. The van der Waals surface area contributed by atoms with Crippen LogP contribution in [0.25, 0.3) is 0 Å². The van der Waals surface area contributed by atoms with Crippen molar-refractivity contribution in [3.63, 3.8) is 0 Å². The first kappa shape index (κ1) is 14.9. The van der Waals surface area contributed by atoms with Gasteiger partial charge in [0.15, 0.2) is 0 Å². The minimum atomic E-state index is -0.129. The number of halogens is 1. The summed E-state index contributed by atoms with van der Waals surface area (Å²) >= 11 is 0. The Bertz CT molecular complexity index is 457. The SMILES string of the molecule is CCCNC(Cc1cccc(F)c1)C1CN2CCN1CC2. The second kappa shape index (κ2) is 6.86. The Hall–Kier alpha value is -0.970. The summed E-state index contributed by atoms with van der Waals surface area (Å²) in [6.07, 6.45) is 2.04. The van der Waals surface area contributed by atoms with Gasteiger partial charge in [-0.25, -0.2) is 4.39 Å². The van der Waals surface area contributed by atoms with E-state index in [2.05, 4.69) is 22.0 Å². The maximum atomic E-state index is 13.4. The number of nitrogens with zero attached hydrogens (tertiary/aromatic N) is 2. The predicted octanol–water partition coefficient (Wildman–Crippen LogP) is 1.74. The number of rotatable bonds is 6. The zero-order valence-corrected chi connectivity index (χ0v) is 12.9. The predicted molar refractivity (Wildman–Crippen MR) is 84.0 cm³/mol. The maximum absolute atomic E-state index is 13.4. The van der Waals surface area contributed by atoms with Crippen molar-refractivity contribution in [1.82, 2.24) is 15.1 Å². The van der Waals surface area contributed by atoms with Crippen LogP contribution in [0, 0.1) is 5.82 Å². The molecule has 3 nitrogen and oxygen atoms in total. The van der Waals surface area contributed by atoms with E-state index < -0.39 is 0 Å². The summed E-state index contributed by atoms with van der Waals surface area (Å²) in [5.74, 6) is -0.129. The minimum absolute atomic E-state index is 0.129. The molecular weight excluding hydrogens is 265 g/mol. The van der Waals surface area contributed by atoms with Crippen molar-refractivity contribution in [3.8, 4) is 0 Å². The number of hydrogen-bond donors (Lipinski definition) is 1. The highest BCUT2D eigenvalue weighted by Crippen LogP contribution is 2.20. The van der Waals surface area contributed by atoms with E-state index in [1.807, 2.05) is 12.1 Å². The van der Waals surface area contributed by atoms with Gasteiger partial charge in [0.05, 0.1) is 0 Å². The molecule has 3 aliphatic heterocycles. The molecule has 0 aromatic heterocycles. The van der Waals surface area contributed by atoms with E-state index >= 15 is 0 Å². The Morgan fingerprint density at radius 3 is 2.71 bits per heavy atom. The quantitative estimate of drug-likeness (QED) is 0.861. The fourth-order valence-corrected chi connectivity index (χ4v) is 3.63. The molecule has 3 saturated heterocycles. The minimum Gasteiger partial charge on any atom is -0.312 e. The van der Waals surface area contributed by atoms with Crippen molar-refractivity contribution in [3.05, 3.63) is 35.6 Å². The Morgan fingerprint density at radius 1 is 1.29 bits per heavy atom. The van der Waals surface area contributed by atoms with Gasteiger partial charge in [-0.3, -0.25) is 9.80 Å². The molecule has 3 heterocycles. The highest BCUT2D eigenvalue weighted by Gasteiger charge is 2.36. The van der Waals surface area contributed by atoms with Crippen LogP contribution >= 0.6 is 0 Å². The monoisotopic (exact) mass is 291 g/mol. The second-order valence-electron chi connectivity index (χ2n) is 6.30. The standard InChI is InChI=1S/C17H26FN3/c1-2-6-19-16(12-14-4-3-5-15(18)11-14)17-13-20-7-9-21(17)10-8-20/h3-5,11,16-17,19H,2,6-10,12-13H2,1H3. The number of hydrogen-bond acceptors (Lipinski definition) is 3. The van der Waals surface area contributed by atoms with Crippen molar-refractivity contribution in [2.45, 2.75) is 31.8 Å². The van der Waals surface area contributed by atoms with Crippen LogP contribution in [0.4, 0.5) is 4.39 Å². The summed E-state index contributed by atoms with van der Waals surface area (Å²) in [6.45, 7) is 9.15. The lowest BCUT2D eigenvalue weighted by atomic mass is 9.94. The van der Waals surface area contributed by atoms with Crippen molar-refractivity contribution in [2.75, 3.05) is 39.3 Å². The normalized spacial score (nSPS) is 29.5. The second-order valence-corrected chi connectivity index (χ2v) is 6.30. The molecule has 4 rings (SSSR count). The molecule has 0 aliphatic carbocycles. The Kier molecular flexibility index (Phi) is 4.88. The van der Waals surface area contributed by atoms with Crippen LogP contribution in [-0.4, -0.2) is 61.2 Å². The highest BCUT2D eigenvalue weighted by molar-refractivity contribution is 5.18. The topological polar surface area (TPSA) is 18.5 Å². The van der Waals surface area contributed by atoms with Crippen molar-refractivity contribution < 1.29 is 4.39 Å². The first-order valence-corrected chi connectivity index (χ1v) is 8.20. The van der Waals surface area contributed by atoms with Gasteiger partial charge in [0.1, 0.15) is 5.82 Å². The molecule has 0 spiro atoms. The van der Waals surface area contributed by atoms with Gasteiger partial charge in [-0.2, -0.15) is 0 Å². The summed E-state index contributed by atoms with van der Waals surface area (Å²) in [6, 6.07) is 8.03. The fourth-order valence-electron chi connectivity index (χ4n) is 3.63. The van der Waals surface area contributed by atoms with E-state index in [9.17, 15) is 4.39 Å². The van der Waals surface area contributed by atoms with Crippen molar-refractivity contribution in [2.24, 2.45) is 0 Å². The van der Waals surface area contributed by atoms with E-state index in [4.69, 9.17) is 0 Å². The van der Waals surface area contributed by atoms with Crippen LogP contribution in [0.1, 0.15) is 18.9 Å². The van der Waals surface area contributed by atoms with Gasteiger partial charge < -0.3 is 5.32 Å². The van der Waals surface area contributed by atoms with Gasteiger partial charge in [0.2, 0.25) is 0 Å². The van der Waals surface area contributed by atoms with E-state index in [0.29, 0.717) is 12.1 Å². The lowest BCUT2D eigenvalue weighted by Crippen LogP contribution is -2.66. The van der Waals surface area contributed by atoms with Gasteiger partial charge in [-0.15, -0.1) is 0 Å². The van der Waals surface area contributed by atoms with Crippen LogP contribution < -0.4 is 5.32 Å². The molecule has 1 aromatic rings. The number of nitrogens with one attached hydrogen (secondary N) is 1. The van der Waals surface area contributed by atoms with Gasteiger partial charge in [-0.05, 0) is 37.1 Å². The van der Waals surface area contributed by atoms with Gasteiger partial charge in [-0.1, -0.05) is 19.1 Å². The van der Waals surface area contributed by atoms with Gasteiger partial charge in [0, 0.05) is 44.8 Å². The van der Waals surface area contributed by atoms with E-state index in [0.717, 1.165) is 31.5 Å². The van der Waals surface area contributed by atoms with Crippen LogP contribution in [0.5, 0.6) is 0 Å². The molecule has 116 valence electrons. The van der Waals surface area contributed by atoms with Gasteiger partial charge >= 0.3 is 0 Å². The van der Waals surface area contributed by atoms with Crippen LogP contribution in [0.2, 0.25) is 0 Å². The number of fused-ring (bicyclic) bond motifs is 3. The summed E-state index contributed by atoms with van der Waals surface area (Å²) in [7, 11) is 0. The van der Waals surface area contributed by atoms with Crippen molar-refractivity contribution >= 4 is 0 Å². The summed E-state index contributed by atoms with van der Waals surface area (Å²) in [5.41, 5.74) is 1.10. The van der Waals surface area contributed by atoms with Crippen LogP contribution in [-0.2, 0) is 6.42 Å². The third-order valence-electron chi connectivity index (χ3n) is 4.79. The molecule has 4 heteroatoms. The molecule has 0 saturated carbocycles. The van der Waals surface area contributed by atoms with E-state index in [-0.39, 0.29) is 5.82 Å². The molecule has 2 bridgehead atoms. The van der Waals surface area contributed by atoms with E-state index in [1.165, 1.54) is 32.2 Å². The zero-order chi connectivity index (χ0) is 14.7. The molecule has 0 radical (unpaired) electrons. The zero-order valence-electron chi connectivity index (χ0n) is 12.9. The molecule has 1 N–H and O–H groups in total. The lowest BCUT2D eigenvalue weighted by molar-refractivity contribution is -0.00310. The first-order valence-electron chi connectivity index (χ1n) is 8.20. The average Bonchev–Trinajstić information content (AvgIpc) is 2.52. The molecule has 2 atom stereocenters. The fraction of sp³-hybridized carbons (Fsp3) is 0.647. The van der Waals surface area contributed by atoms with Gasteiger partial charge in [0.25, 0.3) is 0 Å². The molecule has 3 fully saturated rings. The van der Waals surface area contributed by atoms with Crippen LogP contribution in [0.15, 0.2) is 24.3 Å². The maximum Gasteiger partial charge on any atom is 0.123 e. The Labute approximate surface area is 127 Å². The largest absolute Gasteiger partial charge is 0.312 e. The van der Waals surface area contributed by atoms with E-state index in [1.54, 1.807) is 6.07 Å². The smallest absolute Gasteiger partial charge is 0.123 e. The molecule has 1 aromatic carbocycles. The average molecular weight is 291 g/mol.